The van der Waals surface area contributed by atoms with Crippen LogP contribution in [0.3, 0.4) is 0 Å². The second kappa shape index (κ2) is 9.73. The van der Waals surface area contributed by atoms with Gasteiger partial charge in [-0.15, -0.1) is 27.8 Å². The highest BCUT2D eigenvalue weighted by molar-refractivity contribution is 7.15. The highest BCUT2D eigenvalue weighted by atomic mass is 32.1. The Hall–Kier alpha value is -2.91. The van der Waals surface area contributed by atoms with Gasteiger partial charge >= 0.3 is 6.03 Å². The van der Waals surface area contributed by atoms with Crippen molar-refractivity contribution in [1.29, 1.82) is 0 Å². The van der Waals surface area contributed by atoms with Crippen molar-refractivity contribution in [3.8, 4) is 16.5 Å². The van der Waals surface area contributed by atoms with E-state index in [0.717, 1.165) is 45.6 Å². The van der Waals surface area contributed by atoms with Crippen LogP contribution >= 0.6 is 22.7 Å². The minimum Gasteiger partial charge on any atom is -0.494 e. The van der Waals surface area contributed by atoms with Gasteiger partial charge in [-0.05, 0) is 42.1 Å². The first-order chi connectivity index (χ1) is 14.7. The first-order valence-corrected chi connectivity index (χ1v) is 11.6. The van der Waals surface area contributed by atoms with E-state index in [1.807, 2.05) is 51.7 Å². The van der Waals surface area contributed by atoms with Gasteiger partial charge in [0.1, 0.15) is 5.75 Å². The van der Waals surface area contributed by atoms with Gasteiger partial charge in [-0.25, -0.2) is 9.31 Å². The third-order valence-electron chi connectivity index (χ3n) is 4.44. The first-order valence-electron chi connectivity index (χ1n) is 9.87. The molecule has 3 heterocycles. The zero-order chi connectivity index (χ0) is 20.8. The molecular formula is C21H23N5O2S2. The van der Waals surface area contributed by atoms with Crippen LogP contribution in [0.5, 0.6) is 5.75 Å². The van der Waals surface area contributed by atoms with Crippen LogP contribution in [0.4, 0.5) is 10.5 Å². The molecule has 0 aliphatic rings. The summed E-state index contributed by atoms with van der Waals surface area (Å²) in [4.78, 5) is 18.7. The summed E-state index contributed by atoms with van der Waals surface area (Å²) in [6.45, 7) is 3.34. The van der Waals surface area contributed by atoms with Crippen LogP contribution in [0.25, 0.3) is 15.7 Å². The van der Waals surface area contributed by atoms with Crippen molar-refractivity contribution in [3.05, 3.63) is 52.9 Å². The number of fused-ring (bicyclic) bond motifs is 1. The number of rotatable bonds is 9. The summed E-state index contributed by atoms with van der Waals surface area (Å²) in [6.07, 6.45) is 2.80. The minimum atomic E-state index is -0.237. The van der Waals surface area contributed by atoms with Crippen molar-refractivity contribution in [3.63, 3.8) is 0 Å². The maximum Gasteiger partial charge on any atom is 0.319 e. The van der Waals surface area contributed by atoms with E-state index in [9.17, 15) is 4.79 Å². The number of hydrogen-bond acceptors (Lipinski definition) is 6. The number of ether oxygens (including phenoxy) is 1. The van der Waals surface area contributed by atoms with E-state index in [-0.39, 0.29) is 6.03 Å². The van der Waals surface area contributed by atoms with Gasteiger partial charge in [-0.1, -0.05) is 19.4 Å². The lowest BCUT2D eigenvalue weighted by Gasteiger charge is -2.09. The number of urea groups is 1. The molecule has 2 N–H and O–H groups in total. The second-order valence-electron chi connectivity index (χ2n) is 6.69. The fourth-order valence-corrected chi connectivity index (χ4v) is 4.36. The molecule has 0 fully saturated rings. The summed E-state index contributed by atoms with van der Waals surface area (Å²) in [5, 5.41) is 14.4. The van der Waals surface area contributed by atoms with E-state index < -0.39 is 0 Å². The molecule has 0 aliphatic heterocycles. The number of thiophene rings is 1. The van der Waals surface area contributed by atoms with Gasteiger partial charge in [-0.2, -0.15) is 4.98 Å². The predicted octanol–water partition coefficient (Wildman–Crippen LogP) is 5.06. The number of thiazole rings is 1. The number of nitrogens with one attached hydrogen (secondary N) is 2. The molecule has 0 radical (unpaired) electrons. The number of carbonyl (C=O) groups excluding carboxylic acids is 1. The van der Waals surface area contributed by atoms with Crippen LogP contribution in [-0.4, -0.2) is 33.8 Å². The molecule has 4 aromatic rings. The van der Waals surface area contributed by atoms with Gasteiger partial charge in [0.05, 0.1) is 17.2 Å². The van der Waals surface area contributed by atoms with Crippen LogP contribution in [0.15, 0.2) is 47.2 Å². The Balaban J connectivity index is 1.26. The fraction of sp³-hybridized carbons (Fsp3) is 0.286. The number of anilines is 1. The monoisotopic (exact) mass is 441 g/mol. The van der Waals surface area contributed by atoms with Crippen molar-refractivity contribution in [2.24, 2.45) is 0 Å². The smallest absolute Gasteiger partial charge is 0.319 e. The van der Waals surface area contributed by atoms with E-state index >= 15 is 0 Å². The van der Waals surface area contributed by atoms with E-state index in [4.69, 9.17) is 4.74 Å². The van der Waals surface area contributed by atoms with Crippen molar-refractivity contribution < 1.29 is 9.53 Å². The summed E-state index contributed by atoms with van der Waals surface area (Å²) in [7, 11) is 0. The molecule has 0 unspecified atom stereocenters. The van der Waals surface area contributed by atoms with Crippen molar-refractivity contribution in [2.45, 2.75) is 26.2 Å². The first kappa shape index (κ1) is 20.4. The molecule has 2 amide bonds. The normalized spacial score (nSPS) is 11.0. The Kier molecular flexibility index (Phi) is 6.60. The Bertz CT molecular complexity index is 1090. The zero-order valence-electron chi connectivity index (χ0n) is 16.6. The molecule has 0 saturated carbocycles. The lowest BCUT2D eigenvalue weighted by molar-refractivity contribution is 0.252. The Morgan fingerprint density at radius 3 is 2.83 bits per heavy atom. The third kappa shape index (κ3) is 4.98. The zero-order valence-corrected chi connectivity index (χ0v) is 18.3. The predicted molar refractivity (Wildman–Crippen MR) is 122 cm³/mol. The van der Waals surface area contributed by atoms with Gasteiger partial charge in [-0.3, -0.25) is 0 Å². The summed E-state index contributed by atoms with van der Waals surface area (Å²) in [5.41, 5.74) is 1.75. The van der Waals surface area contributed by atoms with Crippen LogP contribution in [0.2, 0.25) is 0 Å². The molecule has 9 heteroatoms. The van der Waals surface area contributed by atoms with Gasteiger partial charge in [0.2, 0.25) is 4.96 Å². The number of nitrogens with zero attached hydrogens (tertiary/aromatic N) is 3. The summed E-state index contributed by atoms with van der Waals surface area (Å²) in [5.74, 6) is 1.55. The van der Waals surface area contributed by atoms with E-state index in [0.29, 0.717) is 19.6 Å². The molecule has 156 valence electrons. The number of amides is 2. The van der Waals surface area contributed by atoms with Crippen LogP contribution in [0.1, 0.15) is 25.5 Å². The Labute approximate surface area is 182 Å². The summed E-state index contributed by atoms with van der Waals surface area (Å²) in [6, 6.07) is 11.2. The molecule has 1 aromatic carbocycles. The maximum atomic E-state index is 12.2. The fourth-order valence-electron chi connectivity index (χ4n) is 2.86. The largest absolute Gasteiger partial charge is 0.494 e. The molecule has 3 aromatic heterocycles. The molecule has 0 spiro atoms. The molecular weight excluding hydrogens is 418 g/mol. The Morgan fingerprint density at radius 1 is 1.20 bits per heavy atom. The number of carbonyl (C=O) groups is 1. The average molecular weight is 442 g/mol. The lowest BCUT2D eigenvalue weighted by atomic mass is 10.3. The van der Waals surface area contributed by atoms with Gasteiger partial charge in [0.15, 0.2) is 5.82 Å². The highest BCUT2D eigenvalue weighted by Gasteiger charge is 2.12. The second-order valence-corrected chi connectivity index (χ2v) is 8.48. The average Bonchev–Trinajstić information content (AvgIpc) is 3.47. The lowest BCUT2D eigenvalue weighted by Crippen LogP contribution is -2.30. The molecule has 30 heavy (non-hydrogen) atoms. The third-order valence-corrected chi connectivity index (χ3v) is 6.17. The van der Waals surface area contributed by atoms with Crippen molar-refractivity contribution in [2.75, 3.05) is 18.5 Å². The van der Waals surface area contributed by atoms with E-state index in [1.165, 1.54) is 0 Å². The number of unbranched alkanes of at least 4 members (excludes halogenated alkanes) is 1. The summed E-state index contributed by atoms with van der Waals surface area (Å²) < 4.78 is 7.49. The van der Waals surface area contributed by atoms with Crippen LogP contribution in [0, 0.1) is 0 Å². The topological polar surface area (TPSA) is 80.5 Å². The standard InChI is InChI=1S/C21H23N5O2S2/c1-2-3-12-28-17-8-6-15(7-9-17)23-20(27)22-11-10-16-14-30-21-24-19(25-26(16)21)18-5-4-13-29-18/h4-9,13-14H,2-3,10-12H2,1H3,(H2,22,23,27). The number of benzene rings is 1. The van der Waals surface area contributed by atoms with Crippen molar-refractivity contribution >= 4 is 39.4 Å². The van der Waals surface area contributed by atoms with Gasteiger partial charge in [0.25, 0.3) is 0 Å². The molecule has 7 nitrogen and oxygen atoms in total. The number of aromatic nitrogens is 3. The van der Waals surface area contributed by atoms with Crippen LogP contribution in [-0.2, 0) is 6.42 Å². The molecule has 0 saturated heterocycles. The van der Waals surface area contributed by atoms with Crippen LogP contribution < -0.4 is 15.4 Å². The molecule has 0 atom stereocenters. The molecule has 4 rings (SSSR count). The summed E-state index contributed by atoms with van der Waals surface area (Å²) >= 11 is 3.18. The SMILES string of the molecule is CCCCOc1ccc(NC(=O)NCCc2csc3nc(-c4cccs4)nn23)cc1. The molecule has 0 bridgehead atoms. The van der Waals surface area contributed by atoms with Gasteiger partial charge < -0.3 is 15.4 Å². The highest BCUT2D eigenvalue weighted by Crippen LogP contribution is 2.24. The maximum absolute atomic E-state index is 12.2. The van der Waals surface area contributed by atoms with E-state index in [1.54, 1.807) is 22.7 Å². The van der Waals surface area contributed by atoms with Crippen molar-refractivity contribution in [1.82, 2.24) is 19.9 Å². The quantitative estimate of drug-likeness (QED) is 0.356. The number of hydrogen-bond donors (Lipinski definition) is 2. The Morgan fingerprint density at radius 2 is 2.07 bits per heavy atom. The minimum absolute atomic E-state index is 0.237. The van der Waals surface area contributed by atoms with Gasteiger partial charge in [0, 0.05) is 24.0 Å². The van der Waals surface area contributed by atoms with E-state index in [2.05, 4.69) is 27.6 Å². The molecule has 0 aliphatic carbocycles.